The molecule has 68 valence electrons. The zero-order chi connectivity index (χ0) is 9.59. The van der Waals surface area contributed by atoms with Gasteiger partial charge in [0.1, 0.15) is 11.5 Å². The fourth-order valence-corrected chi connectivity index (χ4v) is 1.23. The van der Waals surface area contributed by atoms with Crippen molar-refractivity contribution in [2.24, 2.45) is 7.05 Å². The first kappa shape index (κ1) is 8.10. The summed E-state index contributed by atoms with van der Waals surface area (Å²) in [5.74, 6) is -3.10. The van der Waals surface area contributed by atoms with Gasteiger partial charge < -0.3 is 4.57 Å². The van der Waals surface area contributed by atoms with Gasteiger partial charge in [0.15, 0.2) is 5.82 Å². The highest BCUT2D eigenvalue weighted by Crippen LogP contribution is 2.22. The van der Waals surface area contributed by atoms with Crippen LogP contribution in [-0.4, -0.2) is 9.55 Å². The molecule has 5 heteroatoms. The highest BCUT2D eigenvalue weighted by Gasteiger charge is 2.18. The summed E-state index contributed by atoms with van der Waals surface area (Å²) in [7, 11) is 1.28. The Kier molecular flexibility index (Phi) is 1.55. The summed E-state index contributed by atoms with van der Waals surface area (Å²) in [6.07, 6.45) is 1.16. The quantitative estimate of drug-likeness (QED) is 0.615. The van der Waals surface area contributed by atoms with E-state index >= 15 is 0 Å². The molecule has 0 amide bonds. The molecule has 0 fully saturated rings. The van der Waals surface area contributed by atoms with Gasteiger partial charge in [0, 0.05) is 13.2 Å². The molecule has 0 N–H and O–H groups in total. The van der Waals surface area contributed by atoms with E-state index in [0.29, 0.717) is 0 Å². The Bertz CT molecular complexity index is 476. The Morgan fingerprint density at radius 3 is 2.62 bits per heavy atom. The van der Waals surface area contributed by atoms with Gasteiger partial charge in [-0.05, 0) is 6.07 Å². The second-order valence-corrected chi connectivity index (χ2v) is 2.66. The van der Waals surface area contributed by atoms with Crippen LogP contribution in [-0.2, 0) is 7.05 Å². The highest BCUT2D eigenvalue weighted by atomic mass is 19.2. The van der Waals surface area contributed by atoms with E-state index < -0.39 is 23.0 Å². The number of aromatic nitrogens is 2. The molecule has 2 aromatic rings. The minimum Gasteiger partial charge on any atom is -0.303 e. The summed E-state index contributed by atoms with van der Waals surface area (Å²) in [4.78, 5) is 3.67. The maximum atomic E-state index is 13.0. The van der Waals surface area contributed by atoms with E-state index in [1.54, 1.807) is 0 Å². The van der Waals surface area contributed by atoms with Crippen molar-refractivity contribution in [3.8, 4) is 0 Å². The fraction of sp³-hybridized carbons (Fsp3) is 0.125. The van der Waals surface area contributed by atoms with E-state index in [1.807, 2.05) is 0 Å². The molecule has 0 unspecified atom stereocenters. The lowest BCUT2D eigenvalue weighted by molar-refractivity contribution is 0.464. The lowest BCUT2D eigenvalue weighted by Crippen LogP contribution is -1.93. The minimum absolute atomic E-state index is 0.0324. The predicted molar refractivity (Wildman–Crippen MR) is 40.6 cm³/mol. The number of hydrogen-bond donors (Lipinski definition) is 0. The van der Waals surface area contributed by atoms with Gasteiger partial charge in [0.2, 0.25) is 5.95 Å². The summed E-state index contributed by atoms with van der Waals surface area (Å²) in [6, 6.07) is 0.991. The van der Waals surface area contributed by atoms with Crippen molar-refractivity contribution in [3.63, 3.8) is 0 Å². The zero-order valence-corrected chi connectivity index (χ0v) is 6.68. The van der Waals surface area contributed by atoms with E-state index in [0.717, 1.165) is 16.8 Å². The highest BCUT2D eigenvalue weighted by molar-refractivity contribution is 5.77. The van der Waals surface area contributed by atoms with Crippen LogP contribution in [0.5, 0.6) is 0 Å². The maximum absolute atomic E-state index is 13.0. The second-order valence-electron chi connectivity index (χ2n) is 2.66. The Balaban J connectivity index is 3.03. The Morgan fingerprint density at radius 2 is 2.00 bits per heavy atom. The van der Waals surface area contributed by atoms with Gasteiger partial charge in [-0.2, -0.15) is 4.39 Å². The van der Waals surface area contributed by atoms with Gasteiger partial charge in [-0.3, -0.25) is 0 Å². The maximum Gasteiger partial charge on any atom is 0.231 e. The molecule has 0 saturated carbocycles. The summed E-state index contributed by atoms with van der Waals surface area (Å²) in [6.45, 7) is 0. The van der Waals surface area contributed by atoms with Crippen molar-refractivity contribution < 1.29 is 13.2 Å². The molecule has 0 aliphatic carbocycles. The van der Waals surface area contributed by atoms with Gasteiger partial charge in [-0.1, -0.05) is 0 Å². The van der Waals surface area contributed by atoms with Crippen molar-refractivity contribution in [1.82, 2.24) is 9.55 Å². The molecule has 0 radical (unpaired) electrons. The number of pyridine rings is 1. The summed E-state index contributed by atoms with van der Waals surface area (Å²) < 4.78 is 39.8. The third-order valence-electron chi connectivity index (χ3n) is 1.89. The zero-order valence-electron chi connectivity index (χ0n) is 6.68. The number of aryl methyl sites for hydroxylation is 1. The van der Waals surface area contributed by atoms with Crippen LogP contribution in [0, 0.1) is 17.6 Å². The van der Waals surface area contributed by atoms with E-state index in [2.05, 4.69) is 4.98 Å². The Morgan fingerprint density at radius 1 is 1.31 bits per heavy atom. The number of nitrogens with zero attached hydrogens (tertiary/aromatic N) is 2. The van der Waals surface area contributed by atoms with Crippen molar-refractivity contribution in [1.29, 1.82) is 0 Å². The third-order valence-corrected chi connectivity index (χ3v) is 1.89. The standard InChI is InChI=1S/C8H5F3N2/c1-13-7(11)6(10)5-4(9)2-3-12-8(5)13/h2-3H,1H3. The lowest BCUT2D eigenvalue weighted by atomic mass is 10.3. The number of halogens is 3. The van der Waals surface area contributed by atoms with Crippen LogP contribution in [0.3, 0.4) is 0 Å². The number of fused-ring (bicyclic) bond motifs is 1. The Labute approximate surface area is 71.6 Å². The van der Waals surface area contributed by atoms with E-state index in [-0.39, 0.29) is 5.65 Å². The van der Waals surface area contributed by atoms with Gasteiger partial charge in [0.25, 0.3) is 0 Å². The van der Waals surface area contributed by atoms with E-state index in [9.17, 15) is 13.2 Å². The molecule has 0 spiro atoms. The molecule has 0 bridgehead atoms. The minimum atomic E-state index is -1.19. The first-order valence-corrected chi connectivity index (χ1v) is 3.57. The summed E-state index contributed by atoms with van der Waals surface area (Å²) in [5, 5.41) is -0.400. The molecule has 2 heterocycles. The Hall–Kier alpha value is -1.52. The molecule has 0 aliphatic heterocycles. The smallest absolute Gasteiger partial charge is 0.231 e. The van der Waals surface area contributed by atoms with Crippen LogP contribution >= 0.6 is 0 Å². The molecule has 2 aromatic heterocycles. The van der Waals surface area contributed by atoms with Crippen molar-refractivity contribution in [2.45, 2.75) is 0 Å². The molecule has 0 aliphatic rings. The van der Waals surface area contributed by atoms with Gasteiger partial charge >= 0.3 is 0 Å². The second kappa shape index (κ2) is 2.48. The average Bonchev–Trinajstić information content (AvgIpc) is 2.33. The normalized spacial score (nSPS) is 11.1. The van der Waals surface area contributed by atoms with Gasteiger partial charge in [-0.15, -0.1) is 0 Å². The van der Waals surface area contributed by atoms with Gasteiger partial charge in [0.05, 0.1) is 5.39 Å². The molecule has 0 saturated heterocycles. The molecular weight excluding hydrogens is 181 g/mol. The van der Waals surface area contributed by atoms with Crippen molar-refractivity contribution >= 4 is 11.0 Å². The molecule has 13 heavy (non-hydrogen) atoms. The van der Waals surface area contributed by atoms with Crippen molar-refractivity contribution in [2.75, 3.05) is 0 Å². The van der Waals surface area contributed by atoms with E-state index in [4.69, 9.17) is 0 Å². The monoisotopic (exact) mass is 186 g/mol. The summed E-state index contributed by atoms with van der Waals surface area (Å²) in [5.41, 5.74) is -0.0324. The predicted octanol–water partition coefficient (Wildman–Crippen LogP) is 1.99. The number of hydrogen-bond acceptors (Lipinski definition) is 1. The first-order valence-electron chi connectivity index (χ1n) is 3.57. The third kappa shape index (κ3) is 0.929. The molecule has 0 aromatic carbocycles. The lowest BCUT2D eigenvalue weighted by Gasteiger charge is -1.93. The SMILES string of the molecule is Cn1c(F)c(F)c2c(F)ccnc21. The van der Waals surface area contributed by atoms with Crippen LogP contribution in [0.1, 0.15) is 0 Å². The van der Waals surface area contributed by atoms with Crippen LogP contribution in [0.4, 0.5) is 13.2 Å². The van der Waals surface area contributed by atoms with Crippen molar-refractivity contribution in [3.05, 3.63) is 29.8 Å². The molecule has 2 nitrogen and oxygen atoms in total. The molecule has 2 rings (SSSR count). The van der Waals surface area contributed by atoms with Crippen LogP contribution in [0.25, 0.3) is 11.0 Å². The fourth-order valence-electron chi connectivity index (χ4n) is 1.23. The van der Waals surface area contributed by atoms with Crippen LogP contribution < -0.4 is 0 Å². The largest absolute Gasteiger partial charge is 0.303 e. The number of rotatable bonds is 0. The van der Waals surface area contributed by atoms with Crippen LogP contribution in [0.2, 0.25) is 0 Å². The summed E-state index contributed by atoms with van der Waals surface area (Å²) >= 11 is 0. The van der Waals surface area contributed by atoms with Crippen LogP contribution in [0.15, 0.2) is 12.3 Å². The topological polar surface area (TPSA) is 17.8 Å². The van der Waals surface area contributed by atoms with E-state index in [1.165, 1.54) is 7.05 Å². The van der Waals surface area contributed by atoms with Gasteiger partial charge in [-0.25, -0.2) is 13.8 Å². The first-order chi connectivity index (χ1) is 6.13. The molecule has 0 atom stereocenters. The average molecular weight is 186 g/mol. The molecular formula is C8H5F3N2.